The second-order valence-corrected chi connectivity index (χ2v) is 3.30. The Morgan fingerprint density at radius 3 is 2.88 bits per heavy atom. The maximum atomic E-state index is 10.8. The molecular formula is C10H9N3O3. The summed E-state index contributed by atoms with van der Waals surface area (Å²) in [7, 11) is 0. The zero-order chi connectivity index (χ0) is 11.7. The Balaban J connectivity index is 2.79. The number of aromatic nitrogens is 2. The number of pyridine rings is 1. The lowest BCUT2D eigenvalue weighted by atomic mass is 10.3. The van der Waals surface area contributed by atoms with Gasteiger partial charge in [0.05, 0.1) is 0 Å². The van der Waals surface area contributed by atoms with Crippen LogP contribution in [0.2, 0.25) is 0 Å². The number of aldehydes is 1. The van der Waals surface area contributed by atoms with E-state index in [1.807, 2.05) is 6.92 Å². The molecule has 0 N–H and O–H groups in total. The Kier molecular flexibility index (Phi) is 2.40. The second-order valence-electron chi connectivity index (χ2n) is 3.30. The van der Waals surface area contributed by atoms with Crippen molar-refractivity contribution < 1.29 is 9.72 Å². The fourth-order valence-corrected chi connectivity index (χ4v) is 1.60. The van der Waals surface area contributed by atoms with E-state index in [1.54, 1.807) is 10.6 Å². The number of imidazole rings is 1. The van der Waals surface area contributed by atoms with Gasteiger partial charge in [0.15, 0.2) is 6.29 Å². The van der Waals surface area contributed by atoms with E-state index in [-0.39, 0.29) is 5.82 Å². The molecule has 0 fully saturated rings. The smallest absolute Gasteiger partial charge is 0.358 e. The van der Waals surface area contributed by atoms with Crippen LogP contribution in [0.25, 0.3) is 5.52 Å². The Morgan fingerprint density at radius 1 is 1.56 bits per heavy atom. The molecule has 0 radical (unpaired) electrons. The van der Waals surface area contributed by atoms with Crippen LogP contribution in [-0.4, -0.2) is 20.6 Å². The minimum absolute atomic E-state index is 0.172. The quantitative estimate of drug-likeness (QED) is 0.446. The average molecular weight is 219 g/mol. The van der Waals surface area contributed by atoms with E-state index < -0.39 is 4.92 Å². The molecule has 16 heavy (non-hydrogen) atoms. The molecule has 0 saturated heterocycles. The van der Waals surface area contributed by atoms with Crippen molar-refractivity contribution in [2.24, 2.45) is 0 Å². The lowest BCUT2D eigenvalue weighted by molar-refractivity contribution is -0.387. The summed E-state index contributed by atoms with van der Waals surface area (Å²) < 4.78 is 1.59. The molecule has 0 unspecified atom stereocenters. The van der Waals surface area contributed by atoms with Gasteiger partial charge in [0, 0.05) is 18.2 Å². The van der Waals surface area contributed by atoms with Gasteiger partial charge >= 0.3 is 5.82 Å². The van der Waals surface area contributed by atoms with Gasteiger partial charge in [-0.15, -0.1) is 0 Å². The van der Waals surface area contributed by atoms with Crippen LogP contribution in [0.4, 0.5) is 5.82 Å². The number of aryl methyl sites for hydroxylation is 1. The van der Waals surface area contributed by atoms with Crippen molar-refractivity contribution in [3.63, 3.8) is 0 Å². The molecule has 0 amide bonds. The van der Waals surface area contributed by atoms with E-state index in [1.165, 1.54) is 12.1 Å². The molecule has 0 spiro atoms. The minimum Gasteiger partial charge on any atom is -0.358 e. The second kappa shape index (κ2) is 3.73. The third-order valence-electron chi connectivity index (χ3n) is 2.34. The van der Waals surface area contributed by atoms with E-state index >= 15 is 0 Å². The molecule has 0 bridgehead atoms. The molecule has 6 nitrogen and oxygen atoms in total. The zero-order valence-electron chi connectivity index (χ0n) is 8.58. The summed E-state index contributed by atoms with van der Waals surface area (Å²) in [6, 6.07) is 3.07. The number of rotatable bonds is 3. The Hall–Kier alpha value is -2.24. The van der Waals surface area contributed by atoms with Crippen LogP contribution in [0.15, 0.2) is 18.3 Å². The molecule has 6 heteroatoms. The standard InChI is InChI=1S/C10H9N3O3/c1-2-9-11-10(13(15)16)8-4-3-7(6-14)5-12(8)9/h3-6H,2H2,1H3. The van der Waals surface area contributed by atoms with Crippen molar-refractivity contribution in [1.29, 1.82) is 0 Å². The van der Waals surface area contributed by atoms with Gasteiger partial charge in [0.2, 0.25) is 5.82 Å². The first-order valence-corrected chi connectivity index (χ1v) is 4.78. The van der Waals surface area contributed by atoms with Gasteiger partial charge < -0.3 is 10.1 Å². The molecule has 2 rings (SSSR count). The molecular weight excluding hydrogens is 210 g/mol. The molecule has 2 heterocycles. The maximum absolute atomic E-state index is 10.8. The first kappa shape index (κ1) is 10.3. The number of nitrogens with zero attached hydrogens (tertiary/aromatic N) is 3. The van der Waals surface area contributed by atoms with Crippen LogP contribution >= 0.6 is 0 Å². The number of carbonyl (C=O) groups excluding carboxylic acids is 1. The van der Waals surface area contributed by atoms with Crippen molar-refractivity contribution >= 4 is 17.6 Å². The van der Waals surface area contributed by atoms with Crippen LogP contribution in [0, 0.1) is 10.1 Å². The fraction of sp³-hybridized carbons (Fsp3) is 0.200. The van der Waals surface area contributed by atoms with Crippen LogP contribution in [-0.2, 0) is 6.42 Å². The van der Waals surface area contributed by atoms with Crippen molar-refractivity contribution in [1.82, 2.24) is 9.38 Å². The highest BCUT2D eigenvalue weighted by molar-refractivity contribution is 5.76. The first-order valence-electron chi connectivity index (χ1n) is 4.78. The molecule has 0 aliphatic carbocycles. The summed E-state index contributed by atoms with van der Waals surface area (Å²) in [4.78, 5) is 24.8. The van der Waals surface area contributed by atoms with Gasteiger partial charge in [-0.05, 0) is 22.0 Å². The van der Waals surface area contributed by atoms with Crippen molar-refractivity contribution in [2.75, 3.05) is 0 Å². The summed E-state index contributed by atoms with van der Waals surface area (Å²) in [6.07, 6.45) is 2.82. The molecule has 0 atom stereocenters. The highest BCUT2D eigenvalue weighted by Gasteiger charge is 2.20. The third-order valence-corrected chi connectivity index (χ3v) is 2.34. The normalized spacial score (nSPS) is 10.6. The molecule has 2 aromatic rings. The highest BCUT2D eigenvalue weighted by atomic mass is 16.6. The number of hydrogen-bond acceptors (Lipinski definition) is 4. The van der Waals surface area contributed by atoms with Crippen molar-refractivity contribution in [2.45, 2.75) is 13.3 Å². The molecule has 2 aromatic heterocycles. The monoisotopic (exact) mass is 219 g/mol. The lowest BCUT2D eigenvalue weighted by Gasteiger charge is -1.95. The summed E-state index contributed by atoms with van der Waals surface area (Å²) in [6.45, 7) is 1.85. The van der Waals surface area contributed by atoms with Gasteiger partial charge in [-0.2, -0.15) is 0 Å². The summed E-state index contributed by atoms with van der Waals surface area (Å²) in [5.41, 5.74) is 0.877. The Labute approximate surface area is 90.7 Å². The molecule has 0 aliphatic heterocycles. The van der Waals surface area contributed by atoms with Gasteiger partial charge in [-0.3, -0.25) is 9.20 Å². The average Bonchev–Trinajstić information content (AvgIpc) is 2.66. The fourth-order valence-electron chi connectivity index (χ4n) is 1.60. The SMILES string of the molecule is CCc1nc([N+](=O)[O-])c2ccc(C=O)cn12. The van der Waals surface area contributed by atoms with E-state index in [2.05, 4.69) is 4.98 Å². The summed E-state index contributed by atoms with van der Waals surface area (Å²) >= 11 is 0. The predicted octanol–water partition coefficient (Wildman–Crippen LogP) is 1.62. The number of nitro groups is 1. The predicted molar refractivity (Wildman–Crippen MR) is 56.6 cm³/mol. The first-order chi connectivity index (χ1) is 7.67. The maximum Gasteiger partial charge on any atom is 0.389 e. The molecule has 0 saturated carbocycles. The van der Waals surface area contributed by atoms with Gasteiger partial charge in [0.25, 0.3) is 0 Å². The molecule has 0 aliphatic rings. The van der Waals surface area contributed by atoms with Crippen LogP contribution in [0.3, 0.4) is 0 Å². The van der Waals surface area contributed by atoms with E-state index in [0.29, 0.717) is 29.6 Å². The van der Waals surface area contributed by atoms with Crippen LogP contribution in [0.1, 0.15) is 23.1 Å². The van der Waals surface area contributed by atoms with Crippen molar-refractivity contribution in [3.05, 3.63) is 39.8 Å². The van der Waals surface area contributed by atoms with Gasteiger partial charge in [0.1, 0.15) is 5.52 Å². The number of hydrogen-bond donors (Lipinski definition) is 0. The molecule has 0 aromatic carbocycles. The van der Waals surface area contributed by atoms with Crippen LogP contribution < -0.4 is 0 Å². The van der Waals surface area contributed by atoms with Gasteiger partial charge in [-0.1, -0.05) is 6.92 Å². The van der Waals surface area contributed by atoms with E-state index in [0.717, 1.165) is 0 Å². The zero-order valence-corrected chi connectivity index (χ0v) is 8.58. The largest absolute Gasteiger partial charge is 0.389 e. The Bertz CT molecular complexity index is 574. The highest BCUT2D eigenvalue weighted by Crippen LogP contribution is 2.21. The minimum atomic E-state index is -0.519. The third kappa shape index (κ3) is 1.44. The summed E-state index contributed by atoms with van der Waals surface area (Å²) in [5.74, 6) is 0.402. The lowest BCUT2D eigenvalue weighted by Crippen LogP contribution is -1.93. The van der Waals surface area contributed by atoms with Crippen LogP contribution in [0.5, 0.6) is 0 Å². The number of fused-ring (bicyclic) bond motifs is 1. The topological polar surface area (TPSA) is 77.5 Å². The van der Waals surface area contributed by atoms with E-state index in [9.17, 15) is 14.9 Å². The number of carbonyl (C=O) groups is 1. The molecule has 82 valence electrons. The summed E-state index contributed by atoms with van der Waals surface area (Å²) in [5, 5.41) is 10.8. The Morgan fingerprint density at radius 2 is 2.31 bits per heavy atom. The van der Waals surface area contributed by atoms with Crippen molar-refractivity contribution in [3.8, 4) is 0 Å². The van der Waals surface area contributed by atoms with E-state index in [4.69, 9.17) is 0 Å². The van der Waals surface area contributed by atoms with Gasteiger partial charge in [-0.25, -0.2) is 0 Å².